The third kappa shape index (κ3) is 3.17. The van der Waals surface area contributed by atoms with Crippen molar-refractivity contribution in [2.24, 2.45) is 0 Å². The Balaban J connectivity index is 2.38. The summed E-state index contributed by atoms with van der Waals surface area (Å²) in [5.41, 5.74) is 4.02. The first-order valence-corrected chi connectivity index (χ1v) is 8.06. The average molecular weight is 275 g/mol. The van der Waals surface area contributed by atoms with Crippen LogP contribution in [0.15, 0.2) is 12.1 Å². The van der Waals surface area contributed by atoms with Crippen LogP contribution in [0.2, 0.25) is 0 Å². The predicted molar refractivity (Wildman–Crippen MR) is 85.8 cm³/mol. The predicted octanol–water partition coefficient (Wildman–Crippen LogP) is 4.34. The molecule has 0 amide bonds. The largest absolute Gasteiger partial charge is 0.496 e. The number of likely N-dealkylation sites (N-methyl/N-ethyl adjacent to an activating group) is 1. The molecule has 0 radical (unpaired) electrons. The lowest BCUT2D eigenvalue weighted by molar-refractivity contribution is 0.377. The molecule has 1 saturated carbocycles. The molecule has 2 nitrogen and oxygen atoms in total. The van der Waals surface area contributed by atoms with Crippen LogP contribution >= 0.6 is 0 Å². The van der Waals surface area contributed by atoms with Crippen LogP contribution in [0.4, 0.5) is 0 Å². The first kappa shape index (κ1) is 15.4. The van der Waals surface area contributed by atoms with Gasteiger partial charge in [-0.15, -0.1) is 0 Å². The lowest BCUT2D eigenvalue weighted by Gasteiger charge is -2.28. The van der Waals surface area contributed by atoms with Gasteiger partial charge in [0.05, 0.1) is 7.11 Å². The zero-order valence-corrected chi connectivity index (χ0v) is 13.5. The van der Waals surface area contributed by atoms with Gasteiger partial charge in [0, 0.05) is 12.0 Å². The van der Waals surface area contributed by atoms with Crippen LogP contribution in [0.5, 0.6) is 5.75 Å². The first-order chi connectivity index (χ1) is 9.69. The summed E-state index contributed by atoms with van der Waals surface area (Å²) < 4.78 is 5.75. The monoisotopic (exact) mass is 275 g/mol. The second-order valence-electron chi connectivity index (χ2n) is 6.04. The van der Waals surface area contributed by atoms with Crippen LogP contribution in [0.1, 0.15) is 61.6 Å². The number of nitrogens with one attached hydrogen (secondary N) is 1. The molecule has 1 aromatic rings. The SMILES string of the molecule is CCNC1CCCCCC1c1ccc(C)c(C)c1OC. The van der Waals surface area contributed by atoms with Gasteiger partial charge in [-0.25, -0.2) is 0 Å². The van der Waals surface area contributed by atoms with Gasteiger partial charge in [-0.2, -0.15) is 0 Å². The molecule has 0 bridgehead atoms. The summed E-state index contributed by atoms with van der Waals surface area (Å²) in [7, 11) is 1.81. The van der Waals surface area contributed by atoms with E-state index in [0.29, 0.717) is 12.0 Å². The smallest absolute Gasteiger partial charge is 0.125 e. The Hall–Kier alpha value is -1.02. The Kier molecular flexibility index (Phi) is 5.47. The summed E-state index contributed by atoms with van der Waals surface area (Å²) in [4.78, 5) is 0. The van der Waals surface area contributed by atoms with E-state index in [1.165, 1.54) is 48.8 Å². The van der Waals surface area contributed by atoms with Crippen LogP contribution < -0.4 is 10.1 Å². The quantitative estimate of drug-likeness (QED) is 0.825. The zero-order valence-electron chi connectivity index (χ0n) is 13.5. The number of methoxy groups -OCH3 is 1. The van der Waals surface area contributed by atoms with E-state index in [2.05, 4.69) is 38.2 Å². The molecule has 1 aliphatic carbocycles. The van der Waals surface area contributed by atoms with Crippen LogP contribution in [-0.4, -0.2) is 19.7 Å². The van der Waals surface area contributed by atoms with E-state index in [1.54, 1.807) is 0 Å². The molecule has 0 spiro atoms. The van der Waals surface area contributed by atoms with Crippen molar-refractivity contribution in [2.45, 2.75) is 64.8 Å². The molecule has 2 atom stereocenters. The second-order valence-corrected chi connectivity index (χ2v) is 6.04. The highest BCUT2D eigenvalue weighted by Crippen LogP contribution is 2.39. The molecule has 1 fully saturated rings. The molecule has 2 heteroatoms. The normalized spacial score (nSPS) is 23.4. The molecule has 0 aliphatic heterocycles. The molecule has 1 N–H and O–H groups in total. The molecule has 1 aromatic carbocycles. The summed E-state index contributed by atoms with van der Waals surface area (Å²) in [6, 6.07) is 5.14. The van der Waals surface area contributed by atoms with Crippen molar-refractivity contribution in [1.82, 2.24) is 5.32 Å². The van der Waals surface area contributed by atoms with Crippen molar-refractivity contribution < 1.29 is 4.74 Å². The zero-order chi connectivity index (χ0) is 14.5. The van der Waals surface area contributed by atoms with E-state index >= 15 is 0 Å². The van der Waals surface area contributed by atoms with Gasteiger partial charge in [-0.3, -0.25) is 0 Å². The highest BCUT2D eigenvalue weighted by atomic mass is 16.5. The summed E-state index contributed by atoms with van der Waals surface area (Å²) in [5.74, 6) is 1.70. The minimum Gasteiger partial charge on any atom is -0.496 e. The minimum absolute atomic E-state index is 0.590. The van der Waals surface area contributed by atoms with Crippen molar-refractivity contribution in [3.63, 3.8) is 0 Å². The Morgan fingerprint density at radius 1 is 1.15 bits per heavy atom. The number of hydrogen-bond donors (Lipinski definition) is 1. The van der Waals surface area contributed by atoms with Crippen molar-refractivity contribution in [2.75, 3.05) is 13.7 Å². The molecule has 1 aliphatic rings. The maximum Gasteiger partial charge on any atom is 0.125 e. The fourth-order valence-electron chi connectivity index (χ4n) is 3.56. The van der Waals surface area contributed by atoms with E-state index in [1.807, 2.05) is 7.11 Å². The molecule has 0 saturated heterocycles. The van der Waals surface area contributed by atoms with Crippen molar-refractivity contribution in [1.29, 1.82) is 0 Å². The third-order valence-electron chi connectivity index (χ3n) is 4.79. The number of ether oxygens (including phenoxy) is 1. The lowest BCUT2D eigenvalue weighted by atomic mass is 9.85. The van der Waals surface area contributed by atoms with E-state index < -0.39 is 0 Å². The molecule has 2 unspecified atom stereocenters. The highest BCUT2D eigenvalue weighted by Gasteiger charge is 2.27. The Morgan fingerprint density at radius 3 is 2.60 bits per heavy atom. The van der Waals surface area contributed by atoms with Crippen LogP contribution in [-0.2, 0) is 0 Å². The summed E-state index contributed by atoms with van der Waals surface area (Å²) in [6.45, 7) is 7.60. The van der Waals surface area contributed by atoms with Gasteiger partial charge in [-0.1, -0.05) is 38.3 Å². The Bertz CT molecular complexity index is 441. The third-order valence-corrected chi connectivity index (χ3v) is 4.79. The molecule has 112 valence electrons. The fourth-order valence-corrected chi connectivity index (χ4v) is 3.56. The Morgan fingerprint density at radius 2 is 1.90 bits per heavy atom. The number of aryl methyl sites for hydroxylation is 1. The number of rotatable bonds is 4. The van der Waals surface area contributed by atoms with Gasteiger partial charge in [0.15, 0.2) is 0 Å². The van der Waals surface area contributed by atoms with Crippen LogP contribution in [0.3, 0.4) is 0 Å². The highest BCUT2D eigenvalue weighted by molar-refractivity contribution is 5.47. The summed E-state index contributed by atoms with van der Waals surface area (Å²) >= 11 is 0. The van der Waals surface area contributed by atoms with E-state index in [-0.39, 0.29) is 0 Å². The van der Waals surface area contributed by atoms with Crippen molar-refractivity contribution >= 4 is 0 Å². The topological polar surface area (TPSA) is 21.3 Å². The molecule has 0 heterocycles. The van der Waals surface area contributed by atoms with Crippen LogP contribution in [0.25, 0.3) is 0 Å². The van der Waals surface area contributed by atoms with Gasteiger partial charge in [-0.05, 0) is 49.9 Å². The fraction of sp³-hybridized carbons (Fsp3) is 0.667. The lowest BCUT2D eigenvalue weighted by Crippen LogP contribution is -2.34. The number of hydrogen-bond acceptors (Lipinski definition) is 2. The van der Waals surface area contributed by atoms with E-state index in [9.17, 15) is 0 Å². The van der Waals surface area contributed by atoms with E-state index in [4.69, 9.17) is 4.74 Å². The average Bonchev–Trinajstić information content (AvgIpc) is 2.68. The molecule has 0 aromatic heterocycles. The molecular weight excluding hydrogens is 246 g/mol. The van der Waals surface area contributed by atoms with Gasteiger partial charge < -0.3 is 10.1 Å². The molecular formula is C18H29NO. The second kappa shape index (κ2) is 7.12. The molecule has 2 rings (SSSR count). The van der Waals surface area contributed by atoms with Crippen molar-refractivity contribution in [3.05, 3.63) is 28.8 Å². The molecule has 20 heavy (non-hydrogen) atoms. The maximum absolute atomic E-state index is 5.75. The van der Waals surface area contributed by atoms with Gasteiger partial charge >= 0.3 is 0 Å². The van der Waals surface area contributed by atoms with Gasteiger partial charge in [0.1, 0.15) is 5.75 Å². The Labute approximate surface area is 123 Å². The van der Waals surface area contributed by atoms with Crippen LogP contribution in [0, 0.1) is 13.8 Å². The standard InChI is InChI=1S/C18H29NO/c1-5-19-17-10-8-6-7-9-15(17)16-12-11-13(2)14(3)18(16)20-4/h11-12,15,17,19H,5-10H2,1-4H3. The minimum atomic E-state index is 0.590. The summed E-state index contributed by atoms with van der Waals surface area (Å²) in [5, 5.41) is 3.70. The van der Waals surface area contributed by atoms with Gasteiger partial charge in [0.2, 0.25) is 0 Å². The van der Waals surface area contributed by atoms with Gasteiger partial charge in [0.25, 0.3) is 0 Å². The van der Waals surface area contributed by atoms with Crippen molar-refractivity contribution in [3.8, 4) is 5.75 Å². The van der Waals surface area contributed by atoms with E-state index in [0.717, 1.165) is 12.3 Å². The first-order valence-electron chi connectivity index (χ1n) is 8.06. The number of benzene rings is 1. The maximum atomic E-state index is 5.75. The summed E-state index contributed by atoms with van der Waals surface area (Å²) in [6.07, 6.45) is 6.61.